The molecule has 4 heterocycles. The summed E-state index contributed by atoms with van der Waals surface area (Å²) in [6.07, 6.45) is 10.4. The molecule has 0 unspecified atom stereocenters. The minimum Gasteiger partial charge on any atom is -0.331 e. The third-order valence-corrected chi connectivity index (χ3v) is 6.67. The Morgan fingerprint density at radius 2 is 1.90 bits per heavy atom. The number of fused-ring (bicyclic) bond motifs is 1. The Hall–Kier alpha value is -2.45. The highest BCUT2D eigenvalue weighted by atomic mass is 16.2. The lowest BCUT2D eigenvalue weighted by Gasteiger charge is -2.31. The highest BCUT2D eigenvalue weighted by Crippen LogP contribution is 2.32. The smallest absolute Gasteiger partial charge is 0.317 e. The van der Waals surface area contributed by atoms with Crippen LogP contribution < -0.4 is 5.32 Å². The van der Waals surface area contributed by atoms with Crippen molar-refractivity contribution in [3.8, 4) is 0 Å². The second kappa shape index (κ2) is 8.12. The van der Waals surface area contributed by atoms with Crippen LogP contribution in [0.25, 0.3) is 0 Å². The molecular formula is C20H30N8O. The van der Waals surface area contributed by atoms with Crippen LogP contribution in [-0.4, -0.2) is 54.0 Å². The molecule has 9 nitrogen and oxygen atoms in total. The topological polar surface area (TPSA) is 105 Å². The minimum absolute atomic E-state index is 0.0342. The first-order chi connectivity index (χ1) is 14.3. The predicted molar refractivity (Wildman–Crippen MR) is 106 cm³/mol. The number of aryl methyl sites for hydroxylation is 1. The zero-order valence-electron chi connectivity index (χ0n) is 16.9. The molecule has 0 spiro atoms. The van der Waals surface area contributed by atoms with Gasteiger partial charge < -0.3 is 14.8 Å². The Morgan fingerprint density at radius 3 is 2.79 bits per heavy atom. The fourth-order valence-corrected chi connectivity index (χ4v) is 5.01. The number of nitrogens with zero attached hydrogens (tertiary/aromatic N) is 6. The first kappa shape index (κ1) is 18.6. The van der Waals surface area contributed by atoms with Gasteiger partial charge in [-0.2, -0.15) is 5.10 Å². The molecule has 1 saturated heterocycles. The fraction of sp³-hybridized carbons (Fsp3) is 0.750. The fourth-order valence-electron chi connectivity index (χ4n) is 5.01. The molecule has 29 heavy (non-hydrogen) atoms. The van der Waals surface area contributed by atoms with Crippen molar-refractivity contribution in [2.75, 3.05) is 13.1 Å². The number of carbonyl (C=O) groups is 1. The number of hydrogen-bond donors (Lipinski definition) is 2. The lowest BCUT2D eigenvalue weighted by Crippen LogP contribution is -2.45. The summed E-state index contributed by atoms with van der Waals surface area (Å²) in [5, 5.41) is 19.2. The van der Waals surface area contributed by atoms with E-state index in [2.05, 4.69) is 30.3 Å². The number of H-pyrrole nitrogens is 1. The second-order valence-electron chi connectivity index (χ2n) is 8.65. The van der Waals surface area contributed by atoms with Gasteiger partial charge in [-0.15, -0.1) is 10.2 Å². The maximum absolute atomic E-state index is 12.7. The van der Waals surface area contributed by atoms with E-state index in [4.69, 9.17) is 4.98 Å². The number of urea groups is 1. The second-order valence-corrected chi connectivity index (χ2v) is 8.65. The molecule has 2 aliphatic heterocycles. The predicted octanol–water partition coefficient (Wildman–Crippen LogP) is 2.48. The highest BCUT2D eigenvalue weighted by Gasteiger charge is 2.29. The minimum atomic E-state index is -0.0342. The molecule has 0 radical (unpaired) electrons. The van der Waals surface area contributed by atoms with Gasteiger partial charge in [0.05, 0.1) is 6.54 Å². The van der Waals surface area contributed by atoms with E-state index in [0.29, 0.717) is 19.0 Å². The molecule has 0 aromatic carbocycles. The first-order valence-electron chi connectivity index (χ1n) is 11.1. The Bertz CT molecular complexity index is 853. The molecule has 2 N–H and O–H groups in total. The standard InChI is InChI=1S/C20H30N8O/c29-20(21-12-17-24-23-16-9-5-11-28(16)17)27-10-4-8-15(13-27)19-22-18(25-26-19)14-6-2-1-3-7-14/h14-15H,1-13H2,(H,21,29)(H,22,25,26)/t15-/m1/s1. The van der Waals surface area contributed by atoms with Crippen molar-refractivity contribution >= 4 is 6.03 Å². The molecule has 156 valence electrons. The van der Waals surface area contributed by atoms with Gasteiger partial charge in [0.1, 0.15) is 11.6 Å². The average Bonchev–Trinajstić information content (AvgIpc) is 3.50. The lowest BCUT2D eigenvalue weighted by atomic mass is 9.89. The van der Waals surface area contributed by atoms with Crippen molar-refractivity contribution in [2.45, 2.75) is 82.7 Å². The average molecular weight is 399 g/mol. The largest absolute Gasteiger partial charge is 0.331 e. The summed E-state index contributed by atoms with van der Waals surface area (Å²) in [5.74, 6) is 4.54. The summed E-state index contributed by atoms with van der Waals surface area (Å²) in [5.41, 5.74) is 0. The van der Waals surface area contributed by atoms with Gasteiger partial charge in [0.25, 0.3) is 0 Å². The quantitative estimate of drug-likeness (QED) is 0.823. The number of hydrogen-bond acceptors (Lipinski definition) is 5. The molecule has 1 atom stereocenters. The van der Waals surface area contributed by atoms with Gasteiger partial charge in [-0.3, -0.25) is 5.10 Å². The van der Waals surface area contributed by atoms with Crippen LogP contribution in [0, 0.1) is 0 Å². The van der Waals surface area contributed by atoms with E-state index < -0.39 is 0 Å². The van der Waals surface area contributed by atoms with Gasteiger partial charge in [0.15, 0.2) is 11.6 Å². The molecule has 1 aliphatic carbocycles. The van der Waals surface area contributed by atoms with Crippen LogP contribution in [0.1, 0.15) is 86.5 Å². The number of rotatable bonds is 4. The van der Waals surface area contributed by atoms with E-state index in [1.807, 2.05) is 4.90 Å². The number of nitrogens with one attached hydrogen (secondary N) is 2. The monoisotopic (exact) mass is 398 g/mol. The summed E-state index contributed by atoms with van der Waals surface area (Å²) in [6.45, 7) is 2.83. The Morgan fingerprint density at radius 1 is 1.03 bits per heavy atom. The van der Waals surface area contributed by atoms with E-state index in [0.717, 1.165) is 62.1 Å². The Labute approximate surface area is 170 Å². The molecule has 2 amide bonds. The first-order valence-corrected chi connectivity index (χ1v) is 11.1. The van der Waals surface area contributed by atoms with E-state index in [1.165, 1.54) is 32.1 Å². The maximum atomic E-state index is 12.7. The van der Waals surface area contributed by atoms with Crippen molar-refractivity contribution in [1.29, 1.82) is 0 Å². The number of piperidine rings is 1. The lowest BCUT2D eigenvalue weighted by molar-refractivity contribution is 0.177. The van der Waals surface area contributed by atoms with Crippen LogP contribution in [0.15, 0.2) is 0 Å². The van der Waals surface area contributed by atoms with Crippen LogP contribution in [-0.2, 0) is 19.5 Å². The molecule has 1 saturated carbocycles. The molecular weight excluding hydrogens is 368 g/mol. The van der Waals surface area contributed by atoms with E-state index in [9.17, 15) is 4.79 Å². The molecule has 9 heteroatoms. The summed E-state index contributed by atoms with van der Waals surface area (Å²) < 4.78 is 2.12. The number of carbonyl (C=O) groups excluding carboxylic acids is 1. The summed E-state index contributed by atoms with van der Waals surface area (Å²) in [6, 6.07) is -0.0342. The molecule has 5 rings (SSSR count). The van der Waals surface area contributed by atoms with E-state index in [1.54, 1.807) is 0 Å². The Kier molecular flexibility index (Phi) is 5.20. The van der Waals surface area contributed by atoms with Gasteiger partial charge in [0, 0.05) is 37.9 Å². The summed E-state index contributed by atoms with van der Waals surface area (Å²) >= 11 is 0. The van der Waals surface area contributed by atoms with Gasteiger partial charge >= 0.3 is 6.03 Å². The zero-order chi connectivity index (χ0) is 19.6. The third-order valence-electron chi connectivity index (χ3n) is 6.67. The van der Waals surface area contributed by atoms with Crippen molar-refractivity contribution in [1.82, 2.24) is 40.2 Å². The molecule has 3 aliphatic rings. The number of aromatic amines is 1. The van der Waals surface area contributed by atoms with Crippen LogP contribution >= 0.6 is 0 Å². The number of aromatic nitrogens is 6. The van der Waals surface area contributed by atoms with Crippen LogP contribution in [0.5, 0.6) is 0 Å². The molecule has 2 fully saturated rings. The molecule has 0 bridgehead atoms. The molecule has 2 aromatic rings. The summed E-state index contributed by atoms with van der Waals surface area (Å²) in [7, 11) is 0. The van der Waals surface area contributed by atoms with Crippen molar-refractivity contribution in [3.63, 3.8) is 0 Å². The SMILES string of the molecule is O=C(NCc1nnc2n1CCC2)N1CCC[C@@H](c2n[nH]c(C3CCCCC3)n2)C1. The van der Waals surface area contributed by atoms with Gasteiger partial charge in [-0.05, 0) is 32.1 Å². The van der Waals surface area contributed by atoms with Crippen LogP contribution in [0.3, 0.4) is 0 Å². The third kappa shape index (κ3) is 3.86. The van der Waals surface area contributed by atoms with Crippen LogP contribution in [0.2, 0.25) is 0 Å². The van der Waals surface area contributed by atoms with Crippen molar-refractivity contribution < 1.29 is 4.79 Å². The van der Waals surface area contributed by atoms with Crippen molar-refractivity contribution in [3.05, 3.63) is 23.3 Å². The highest BCUT2D eigenvalue weighted by molar-refractivity contribution is 5.74. The normalized spacial score (nSPS) is 22.6. The van der Waals surface area contributed by atoms with Crippen LogP contribution in [0.4, 0.5) is 4.79 Å². The van der Waals surface area contributed by atoms with E-state index >= 15 is 0 Å². The number of amides is 2. The van der Waals surface area contributed by atoms with Crippen molar-refractivity contribution in [2.24, 2.45) is 0 Å². The van der Waals surface area contributed by atoms with Gasteiger partial charge in [-0.1, -0.05) is 19.3 Å². The Balaban J connectivity index is 1.18. The summed E-state index contributed by atoms with van der Waals surface area (Å²) in [4.78, 5) is 19.5. The molecule has 2 aromatic heterocycles. The van der Waals surface area contributed by atoms with Gasteiger partial charge in [0.2, 0.25) is 0 Å². The van der Waals surface area contributed by atoms with E-state index in [-0.39, 0.29) is 11.9 Å². The zero-order valence-corrected chi connectivity index (χ0v) is 16.9. The number of likely N-dealkylation sites (tertiary alicyclic amines) is 1. The maximum Gasteiger partial charge on any atom is 0.317 e. The van der Waals surface area contributed by atoms with Gasteiger partial charge in [-0.25, -0.2) is 9.78 Å².